The van der Waals surface area contributed by atoms with Crippen LogP contribution < -0.4 is 5.32 Å². The van der Waals surface area contributed by atoms with E-state index in [0.717, 1.165) is 0 Å². The molecular formula is C12H26FmNO5-. The van der Waals surface area contributed by atoms with Crippen molar-refractivity contribution in [3.05, 3.63) is 0 Å². The minimum Gasteiger partial charge on any atom is -0.528 e. The summed E-state index contributed by atoms with van der Waals surface area (Å²) in [5, 5.41) is 10.1. The molecule has 0 aromatic heterocycles. The van der Waals surface area contributed by atoms with Gasteiger partial charge in [0.1, 0.15) is 0 Å². The Labute approximate surface area is 110 Å². The summed E-state index contributed by atoms with van der Waals surface area (Å²) in [6.45, 7) is 8.94. The predicted octanol–water partition coefficient (Wildman–Crippen LogP) is 0.100. The topological polar surface area (TPSA) is 77.0 Å². The smallest absolute Gasteiger partial charge is 0.0707 e. The minimum atomic E-state index is -0.0649. The van der Waals surface area contributed by atoms with E-state index in [1.807, 2.05) is 20.8 Å². The van der Waals surface area contributed by atoms with Crippen molar-refractivity contribution in [1.29, 1.82) is 0 Å². The van der Waals surface area contributed by atoms with E-state index in [0.29, 0.717) is 33.0 Å². The molecule has 0 aliphatic heterocycles. The molecule has 0 aliphatic carbocycles. The summed E-state index contributed by atoms with van der Waals surface area (Å²) >= 11 is 0. The van der Waals surface area contributed by atoms with Crippen molar-refractivity contribution < 1.29 is 24.1 Å². The molecule has 0 aliphatic rings. The molecule has 7 heteroatoms. The quantitative estimate of drug-likeness (QED) is 0.256. The van der Waals surface area contributed by atoms with Crippen molar-refractivity contribution in [1.82, 2.24) is 5.32 Å². The van der Waals surface area contributed by atoms with Crippen LogP contribution in [0.5, 0.6) is 0 Å². The van der Waals surface area contributed by atoms with Gasteiger partial charge in [0.15, 0.2) is 0 Å². The second-order valence-corrected chi connectivity index (χ2v) is 4.32. The third kappa shape index (κ3) is 31.4. The Morgan fingerprint density at radius 3 is 2.11 bits per heavy atom. The Kier molecular flexibility index (Phi) is 19.3. The number of amides is 1. The number of rotatable bonds is 9. The number of hydrogen-bond donors (Lipinski definition) is 2. The molecule has 2 N–H and O–H groups in total. The summed E-state index contributed by atoms with van der Waals surface area (Å²) < 4.78 is 15.5. The first-order chi connectivity index (χ1) is 8.47. The van der Waals surface area contributed by atoms with Crippen molar-refractivity contribution in [3.63, 3.8) is 0 Å². The van der Waals surface area contributed by atoms with Gasteiger partial charge in [0.25, 0.3) is 0 Å². The average Bonchev–Trinajstić information content (AvgIpc) is 2.30. The maximum Gasteiger partial charge on any atom is 0.0707 e. The van der Waals surface area contributed by atoms with Gasteiger partial charge in [-0.2, -0.15) is 6.41 Å². The van der Waals surface area contributed by atoms with Crippen LogP contribution in [0.4, 0.5) is 0 Å². The first kappa shape index (κ1) is 22.5. The second-order valence-electron chi connectivity index (χ2n) is 4.32. The van der Waals surface area contributed by atoms with Gasteiger partial charge >= 0.3 is 0 Å². The fourth-order valence-electron chi connectivity index (χ4n) is 0.758. The van der Waals surface area contributed by atoms with Gasteiger partial charge in [0.2, 0.25) is 0 Å². The molecule has 0 aromatic rings. The molecule has 0 saturated heterocycles. The summed E-state index contributed by atoms with van der Waals surface area (Å²) in [4.78, 5) is 9.22. The molecule has 0 unspecified atom stereocenters. The fraction of sp³-hybridized carbons (Fsp3) is 0.917. The second kappa shape index (κ2) is 16.3. The van der Waals surface area contributed by atoms with Gasteiger partial charge in [0, 0.05) is 13.7 Å². The molecule has 1 amide bonds. The van der Waals surface area contributed by atoms with Gasteiger partial charge < -0.3 is 29.4 Å². The standard InChI is InChI=1S/C9H20O3.C3H6NO2.Fm/c1-9(2,3)12-8-7-11-6-5-10-4;5-2-1-4-3-6;/h5-8H2,1-4H3;5H,1-2H2,(H,4,6);/q;-1;. The van der Waals surface area contributed by atoms with Gasteiger partial charge in [-0.3, -0.25) is 0 Å². The number of carbonyl (C=O) groups excluding carboxylic acids is 1. The number of aliphatic hydroxyl groups is 1. The molecular weight excluding hydrogens is 495 g/mol. The molecule has 19 heavy (non-hydrogen) atoms. The maximum absolute atomic E-state index is 9.22. The largest absolute Gasteiger partial charge is 0.528 e. The van der Waals surface area contributed by atoms with Crippen LogP contribution in [0.2, 0.25) is 0 Å². The number of nitrogens with one attached hydrogen (secondary N) is 1. The zero-order valence-electron chi connectivity index (χ0n) is 12.1. The van der Waals surface area contributed by atoms with Gasteiger partial charge in [-0.05, 0) is 20.8 Å². The molecule has 0 heterocycles. The molecule has 0 spiro atoms. The molecule has 0 saturated carbocycles. The van der Waals surface area contributed by atoms with Crippen LogP contribution in [0.3, 0.4) is 0 Å². The van der Waals surface area contributed by atoms with Crippen molar-refractivity contribution in [2.24, 2.45) is 0 Å². The molecule has 0 radical (unpaired) electrons. The number of aliphatic hydroxyl groups excluding tert-OH is 1. The first-order valence-corrected chi connectivity index (χ1v) is 5.89. The van der Waals surface area contributed by atoms with E-state index in [2.05, 4.69) is 5.32 Å². The van der Waals surface area contributed by atoms with Crippen molar-refractivity contribution in [2.45, 2.75) is 26.4 Å². The van der Waals surface area contributed by atoms with Gasteiger partial charge in [-0.25, -0.2) is 0 Å². The zero-order chi connectivity index (χ0) is 14.3. The van der Waals surface area contributed by atoms with Crippen LogP contribution in [-0.4, -0.2) is 63.8 Å². The Morgan fingerprint density at radius 1 is 1.16 bits per heavy atom. The van der Waals surface area contributed by atoms with Crippen LogP contribution in [0.1, 0.15) is 20.8 Å². The monoisotopic (exact) mass is 521 g/mol. The van der Waals surface area contributed by atoms with E-state index < -0.39 is 0 Å². The van der Waals surface area contributed by atoms with Crippen LogP contribution >= 0.6 is 0 Å². The Bertz CT molecular complexity index is 176. The number of methoxy groups -OCH3 is 1. The Balaban J connectivity index is -0.000000313. The molecule has 6 nitrogen and oxygen atoms in total. The van der Waals surface area contributed by atoms with Gasteiger partial charge in [-0.1, -0.05) is 0 Å². The van der Waals surface area contributed by atoms with Crippen LogP contribution in [0.15, 0.2) is 0 Å². The third-order valence-electron chi connectivity index (χ3n) is 1.50. The summed E-state index contributed by atoms with van der Waals surface area (Å²) in [5.74, 6) is 0. The van der Waals surface area contributed by atoms with Crippen LogP contribution in [0, 0.1) is 0 Å². The average molecular weight is 521 g/mol. The van der Waals surface area contributed by atoms with Gasteiger partial charge in [0.05, 0.1) is 38.6 Å². The van der Waals surface area contributed by atoms with E-state index in [1.165, 1.54) is 6.41 Å². The van der Waals surface area contributed by atoms with Crippen molar-refractivity contribution >= 4 is 6.41 Å². The first-order valence-electron chi connectivity index (χ1n) is 5.89. The van der Waals surface area contributed by atoms with Crippen LogP contribution in [0.25, 0.3) is 0 Å². The SMILES string of the molecule is COCCOCCOC(C)(C)C.O=[C-]NCCO.[Fm]. The summed E-state index contributed by atoms with van der Waals surface area (Å²) in [6.07, 6.45) is 1.41. The zero-order valence-corrected chi connectivity index (χ0v) is 14.5. The van der Waals surface area contributed by atoms with Crippen molar-refractivity contribution in [3.8, 4) is 0 Å². The van der Waals surface area contributed by atoms with E-state index in [1.54, 1.807) is 7.11 Å². The summed E-state index contributed by atoms with van der Waals surface area (Å²) in [5.41, 5.74) is -0.0649. The Morgan fingerprint density at radius 2 is 1.74 bits per heavy atom. The van der Waals surface area contributed by atoms with E-state index >= 15 is 0 Å². The van der Waals surface area contributed by atoms with Crippen molar-refractivity contribution in [2.75, 3.05) is 46.7 Å². The molecule has 0 bridgehead atoms. The van der Waals surface area contributed by atoms with E-state index in [9.17, 15) is 4.79 Å². The molecule has 0 rings (SSSR count). The molecule has 0 aromatic carbocycles. The minimum absolute atomic E-state index is 0. The van der Waals surface area contributed by atoms with Crippen LogP contribution in [-0.2, 0) is 19.0 Å². The number of ether oxygens (including phenoxy) is 3. The van der Waals surface area contributed by atoms with E-state index in [-0.39, 0.29) is 12.2 Å². The maximum atomic E-state index is 9.22. The number of hydrogen-bond acceptors (Lipinski definition) is 5. The van der Waals surface area contributed by atoms with E-state index in [4.69, 9.17) is 19.3 Å². The Hall–Kier alpha value is -1.69. The molecule has 122 valence electrons. The van der Waals surface area contributed by atoms with Gasteiger partial charge in [-0.15, -0.1) is 0 Å². The fourth-order valence-corrected chi connectivity index (χ4v) is 0.758. The summed E-state index contributed by atoms with van der Waals surface area (Å²) in [6, 6.07) is 0. The molecule has 0 fully saturated rings. The summed E-state index contributed by atoms with van der Waals surface area (Å²) in [7, 11) is 1.66. The predicted molar refractivity (Wildman–Crippen MR) is 69.2 cm³/mol. The molecule has 0 atom stereocenters. The normalized spacial score (nSPS) is 9.95. The third-order valence-corrected chi connectivity index (χ3v) is 1.50.